The van der Waals surface area contributed by atoms with Gasteiger partial charge in [-0.25, -0.2) is 0 Å². The number of hydrogen-bond acceptors (Lipinski definition) is 5. The first-order valence-electron chi connectivity index (χ1n) is 8.19. The minimum atomic E-state index is -0.453. The van der Waals surface area contributed by atoms with Gasteiger partial charge in [-0.1, -0.05) is 0 Å². The van der Waals surface area contributed by atoms with Crippen molar-refractivity contribution in [2.75, 3.05) is 33.4 Å². The van der Waals surface area contributed by atoms with E-state index in [9.17, 15) is 9.90 Å². The number of β-amino-alcohol motifs (C(OH)–C–C–N with tert-alkyl or cyclic N) is 1. The quantitative estimate of drug-likeness (QED) is 0.827. The molecule has 1 aliphatic heterocycles. The van der Waals surface area contributed by atoms with Crippen LogP contribution in [0.5, 0.6) is 0 Å². The molecule has 2 rings (SSSR count). The van der Waals surface area contributed by atoms with Gasteiger partial charge in [0.25, 0.3) is 5.91 Å². The van der Waals surface area contributed by atoms with Crippen molar-refractivity contribution < 1.29 is 19.1 Å². The molecule has 1 fully saturated rings. The summed E-state index contributed by atoms with van der Waals surface area (Å²) in [5.41, 5.74) is 1.58. The molecule has 1 aliphatic rings. The molecule has 1 amide bonds. The highest BCUT2D eigenvalue weighted by atomic mass is 16.5. The van der Waals surface area contributed by atoms with Crippen LogP contribution in [0.25, 0.3) is 0 Å². The number of aliphatic hydroxyl groups is 1. The third-order valence-corrected chi connectivity index (χ3v) is 4.54. The summed E-state index contributed by atoms with van der Waals surface area (Å²) in [4.78, 5) is 14.7. The van der Waals surface area contributed by atoms with Crippen molar-refractivity contribution in [3.8, 4) is 0 Å². The fourth-order valence-electron chi connectivity index (χ4n) is 3.19. The number of ether oxygens (including phenoxy) is 1. The molecule has 0 bridgehead atoms. The molecule has 1 unspecified atom stereocenters. The second-order valence-electron chi connectivity index (χ2n) is 6.37. The highest BCUT2D eigenvalue weighted by molar-refractivity contribution is 5.97. The van der Waals surface area contributed by atoms with E-state index in [1.165, 1.54) is 0 Å². The molecule has 1 atom stereocenters. The van der Waals surface area contributed by atoms with Crippen LogP contribution in [-0.4, -0.2) is 61.4 Å². The van der Waals surface area contributed by atoms with Gasteiger partial charge in [-0.3, -0.25) is 4.79 Å². The molecule has 6 heteroatoms. The SMILES string of the molecule is COCC(O)CN1CCC(NC(=O)c2c(C)oc(C)c2C)CC1. The number of piperidine rings is 1. The number of carbonyl (C=O) groups excluding carboxylic acids is 1. The van der Waals surface area contributed by atoms with Crippen LogP contribution in [0.2, 0.25) is 0 Å². The van der Waals surface area contributed by atoms with Crippen molar-refractivity contribution in [3.63, 3.8) is 0 Å². The average Bonchev–Trinajstić information content (AvgIpc) is 2.74. The summed E-state index contributed by atoms with van der Waals surface area (Å²) in [6.07, 6.45) is 1.33. The van der Waals surface area contributed by atoms with Crippen molar-refractivity contribution in [2.45, 2.75) is 45.8 Å². The number of nitrogens with zero attached hydrogens (tertiary/aromatic N) is 1. The number of aliphatic hydroxyl groups excluding tert-OH is 1. The first-order valence-corrected chi connectivity index (χ1v) is 8.19. The topological polar surface area (TPSA) is 74.9 Å². The molecule has 23 heavy (non-hydrogen) atoms. The number of furan rings is 1. The van der Waals surface area contributed by atoms with Crippen molar-refractivity contribution in [1.29, 1.82) is 0 Å². The summed E-state index contributed by atoms with van der Waals surface area (Å²) in [5, 5.41) is 12.9. The average molecular weight is 324 g/mol. The number of likely N-dealkylation sites (tertiary alicyclic amines) is 1. The zero-order valence-corrected chi connectivity index (χ0v) is 14.5. The molecule has 0 spiro atoms. The third-order valence-electron chi connectivity index (χ3n) is 4.54. The molecule has 0 aliphatic carbocycles. The van der Waals surface area contributed by atoms with Gasteiger partial charge in [0.1, 0.15) is 11.5 Å². The molecular formula is C17H28N2O4. The zero-order valence-electron chi connectivity index (χ0n) is 14.5. The summed E-state index contributed by atoms with van der Waals surface area (Å²) in [6, 6.07) is 0.173. The number of rotatable bonds is 6. The van der Waals surface area contributed by atoms with E-state index >= 15 is 0 Å². The van der Waals surface area contributed by atoms with Gasteiger partial charge >= 0.3 is 0 Å². The van der Waals surface area contributed by atoms with Crippen LogP contribution in [0.4, 0.5) is 0 Å². The van der Waals surface area contributed by atoms with Crippen molar-refractivity contribution >= 4 is 5.91 Å². The molecule has 6 nitrogen and oxygen atoms in total. The van der Waals surface area contributed by atoms with Crippen LogP contribution in [0.3, 0.4) is 0 Å². The standard InChI is InChI=1S/C17H28N2O4/c1-11-12(2)23-13(3)16(11)17(21)18-14-5-7-19(8-6-14)9-15(20)10-22-4/h14-15,20H,5-10H2,1-4H3,(H,18,21). The lowest BCUT2D eigenvalue weighted by Crippen LogP contribution is -2.47. The zero-order chi connectivity index (χ0) is 17.0. The number of nitrogens with one attached hydrogen (secondary N) is 1. The summed E-state index contributed by atoms with van der Waals surface area (Å²) in [5.74, 6) is 1.43. The van der Waals surface area contributed by atoms with Gasteiger partial charge in [0, 0.05) is 38.3 Å². The van der Waals surface area contributed by atoms with E-state index in [0.717, 1.165) is 37.3 Å². The van der Waals surface area contributed by atoms with Gasteiger partial charge in [-0.2, -0.15) is 0 Å². The molecule has 1 aromatic rings. The predicted octanol–water partition coefficient (Wildman–Crippen LogP) is 1.41. The van der Waals surface area contributed by atoms with Gasteiger partial charge in [0.2, 0.25) is 0 Å². The molecule has 1 saturated heterocycles. The summed E-state index contributed by atoms with van der Waals surface area (Å²) in [7, 11) is 1.59. The largest absolute Gasteiger partial charge is 0.466 e. The fourth-order valence-corrected chi connectivity index (χ4v) is 3.19. The fraction of sp³-hybridized carbons (Fsp3) is 0.706. The summed E-state index contributed by atoms with van der Waals surface area (Å²) in [6.45, 7) is 8.34. The maximum atomic E-state index is 12.5. The van der Waals surface area contributed by atoms with E-state index in [-0.39, 0.29) is 11.9 Å². The summed E-state index contributed by atoms with van der Waals surface area (Å²) >= 11 is 0. The minimum Gasteiger partial charge on any atom is -0.466 e. The monoisotopic (exact) mass is 324 g/mol. The number of methoxy groups -OCH3 is 1. The van der Waals surface area contributed by atoms with Gasteiger partial charge in [-0.15, -0.1) is 0 Å². The van der Waals surface area contributed by atoms with Gasteiger partial charge in [-0.05, 0) is 33.6 Å². The van der Waals surface area contributed by atoms with Gasteiger partial charge < -0.3 is 24.5 Å². The van der Waals surface area contributed by atoms with Crippen LogP contribution in [0.1, 0.15) is 40.3 Å². The lowest BCUT2D eigenvalue weighted by Gasteiger charge is -2.33. The van der Waals surface area contributed by atoms with E-state index in [1.54, 1.807) is 7.11 Å². The van der Waals surface area contributed by atoms with Crippen LogP contribution < -0.4 is 5.32 Å². The Hall–Kier alpha value is -1.37. The Morgan fingerprint density at radius 1 is 1.35 bits per heavy atom. The van der Waals surface area contributed by atoms with E-state index in [0.29, 0.717) is 24.5 Å². The Kier molecular flexibility index (Phi) is 6.21. The van der Waals surface area contributed by atoms with E-state index < -0.39 is 6.10 Å². The minimum absolute atomic E-state index is 0.0466. The van der Waals surface area contributed by atoms with E-state index in [1.807, 2.05) is 20.8 Å². The van der Waals surface area contributed by atoms with Crippen molar-refractivity contribution in [3.05, 3.63) is 22.6 Å². The number of hydrogen-bond donors (Lipinski definition) is 2. The Labute approximate surface area is 137 Å². The molecule has 0 radical (unpaired) electrons. The normalized spacial score (nSPS) is 18.1. The second kappa shape index (κ2) is 7.95. The second-order valence-corrected chi connectivity index (χ2v) is 6.37. The number of carbonyl (C=O) groups is 1. The Morgan fingerprint density at radius 2 is 2.00 bits per heavy atom. The predicted molar refractivity (Wildman–Crippen MR) is 87.7 cm³/mol. The van der Waals surface area contributed by atoms with Crippen LogP contribution >= 0.6 is 0 Å². The maximum Gasteiger partial charge on any atom is 0.255 e. The molecule has 1 aromatic heterocycles. The summed E-state index contributed by atoms with van der Waals surface area (Å²) < 4.78 is 10.5. The van der Waals surface area contributed by atoms with Gasteiger partial charge in [0.05, 0.1) is 18.3 Å². The molecule has 0 saturated carbocycles. The van der Waals surface area contributed by atoms with Crippen LogP contribution in [0.15, 0.2) is 4.42 Å². The lowest BCUT2D eigenvalue weighted by atomic mass is 10.0. The van der Waals surface area contributed by atoms with Crippen LogP contribution in [-0.2, 0) is 4.74 Å². The maximum absolute atomic E-state index is 12.5. The van der Waals surface area contributed by atoms with Gasteiger partial charge in [0.15, 0.2) is 0 Å². The first-order chi connectivity index (χ1) is 10.9. The highest BCUT2D eigenvalue weighted by Crippen LogP contribution is 2.21. The first kappa shape index (κ1) is 18.0. The molecule has 0 aromatic carbocycles. The molecular weight excluding hydrogens is 296 g/mol. The Balaban J connectivity index is 1.83. The Bertz CT molecular complexity index is 533. The third kappa shape index (κ3) is 4.56. The lowest BCUT2D eigenvalue weighted by molar-refractivity contribution is 0.0309. The molecule has 2 heterocycles. The highest BCUT2D eigenvalue weighted by Gasteiger charge is 2.25. The van der Waals surface area contributed by atoms with E-state index in [4.69, 9.17) is 9.15 Å². The number of amides is 1. The number of aryl methyl sites for hydroxylation is 2. The van der Waals surface area contributed by atoms with Crippen LogP contribution in [0, 0.1) is 20.8 Å². The van der Waals surface area contributed by atoms with Crippen molar-refractivity contribution in [1.82, 2.24) is 10.2 Å². The van der Waals surface area contributed by atoms with E-state index in [2.05, 4.69) is 10.2 Å². The Morgan fingerprint density at radius 3 is 2.52 bits per heavy atom. The molecule has 130 valence electrons. The van der Waals surface area contributed by atoms with Crippen molar-refractivity contribution in [2.24, 2.45) is 0 Å². The molecule has 2 N–H and O–H groups in total. The smallest absolute Gasteiger partial charge is 0.255 e.